The van der Waals surface area contributed by atoms with Crippen LogP contribution in [-0.4, -0.2) is 52.2 Å². The molecule has 8 heteroatoms. The van der Waals surface area contributed by atoms with Gasteiger partial charge < -0.3 is 4.74 Å². The number of nitrogens with one attached hydrogen (secondary N) is 1. The lowest BCUT2D eigenvalue weighted by Gasteiger charge is -2.36. The van der Waals surface area contributed by atoms with Crippen LogP contribution < -0.4 is 4.72 Å². The van der Waals surface area contributed by atoms with Crippen LogP contribution in [0.2, 0.25) is 5.02 Å². The first-order valence-corrected chi connectivity index (χ1v) is 10.2. The van der Waals surface area contributed by atoms with Crippen LogP contribution in [0.3, 0.4) is 0 Å². The Kier molecular flexibility index (Phi) is 6.88. The standard InChI is InChI=1S/C15H22BrClN2O3S/c1-11(2)14(19-5-7-22-8-6-19)10-18-23(20,21)15-4-3-12(16)9-13(15)17/h3-4,9,11,14,18H,5-8,10H2,1-2H3/t14-/m0/s1. The SMILES string of the molecule is CC(C)[C@H](CNS(=O)(=O)c1ccc(Br)cc1Cl)N1CCOCC1. The summed E-state index contributed by atoms with van der Waals surface area (Å²) in [4.78, 5) is 2.38. The smallest absolute Gasteiger partial charge is 0.242 e. The lowest BCUT2D eigenvalue weighted by Crippen LogP contribution is -2.51. The summed E-state index contributed by atoms with van der Waals surface area (Å²) in [6.07, 6.45) is 0. The third-order valence-electron chi connectivity index (χ3n) is 3.95. The minimum Gasteiger partial charge on any atom is -0.379 e. The number of benzene rings is 1. The van der Waals surface area contributed by atoms with Gasteiger partial charge in [-0.05, 0) is 24.1 Å². The van der Waals surface area contributed by atoms with Crippen molar-refractivity contribution in [2.45, 2.75) is 24.8 Å². The summed E-state index contributed by atoms with van der Waals surface area (Å²) in [7, 11) is -3.64. The van der Waals surface area contributed by atoms with Crippen LogP contribution in [0, 0.1) is 5.92 Å². The molecule has 0 aliphatic carbocycles. The Hall–Kier alpha value is -0.180. The van der Waals surface area contributed by atoms with E-state index in [2.05, 4.69) is 39.4 Å². The molecule has 1 atom stereocenters. The minimum atomic E-state index is -3.64. The van der Waals surface area contributed by atoms with Gasteiger partial charge in [-0.3, -0.25) is 4.90 Å². The first-order valence-electron chi connectivity index (χ1n) is 7.58. The second-order valence-electron chi connectivity index (χ2n) is 5.89. The molecule has 0 amide bonds. The number of morpholine rings is 1. The van der Waals surface area contributed by atoms with Gasteiger partial charge in [-0.2, -0.15) is 0 Å². The monoisotopic (exact) mass is 424 g/mol. The van der Waals surface area contributed by atoms with E-state index in [-0.39, 0.29) is 16.0 Å². The molecule has 1 fully saturated rings. The van der Waals surface area contributed by atoms with Crippen molar-refractivity contribution < 1.29 is 13.2 Å². The van der Waals surface area contributed by atoms with Gasteiger partial charge in [-0.15, -0.1) is 0 Å². The molecule has 2 rings (SSSR count). The third kappa shape index (κ3) is 5.14. The number of hydrogen-bond acceptors (Lipinski definition) is 4. The number of halogens is 2. The molecular formula is C15H22BrClN2O3S. The molecule has 1 saturated heterocycles. The quantitative estimate of drug-likeness (QED) is 0.761. The van der Waals surface area contributed by atoms with Crippen molar-refractivity contribution in [3.8, 4) is 0 Å². The fourth-order valence-corrected chi connectivity index (χ4v) is 4.75. The molecule has 0 radical (unpaired) electrons. The van der Waals surface area contributed by atoms with Gasteiger partial charge in [0.15, 0.2) is 0 Å². The van der Waals surface area contributed by atoms with Crippen molar-refractivity contribution in [2.75, 3.05) is 32.8 Å². The maximum atomic E-state index is 12.5. The van der Waals surface area contributed by atoms with Gasteiger partial charge in [0, 0.05) is 30.1 Å². The molecule has 1 aliphatic heterocycles. The zero-order valence-corrected chi connectivity index (χ0v) is 16.4. The summed E-state index contributed by atoms with van der Waals surface area (Å²) in [5.41, 5.74) is 0. The largest absolute Gasteiger partial charge is 0.379 e. The van der Waals surface area contributed by atoms with E-state index in [1.807, 2.05) is 0 Å². The number of hydrogen-bond donors (Lipinski definition) is 1. The maximum Gasteiger partial charge on any atom is 0.242 e. The predicted molar refractivity (Wildman–Crippen MR) is 95.4 cm³/mol. The van der Waals surface area contributed by atoms with Gasteiger partial charge in [-0.25, -0.2) is 13.1 Å². The zero-order valence-electron chi connectivity index (χ0n) is 13.3. The van der Waals surface area contributed by atoms with Crippen molar-refractivity contribution in [1.82, 2.24) is 9.62 Å². The summed E-state index contributed by atoms with van der Waals surface area (Å²) in [6.45, 7) is 7.57. The van der Waals surface area contributed by atoms with Gasteiger partial charge in [0.2, 0.25) is 10.0 Å². The van der Waals surface area contributed by atoms with Gasteiger partial charge >= 0.3 is 0 Å². The lowest BCUT2D eigenvalue weighted by molar-refractivity contribution is 0.00776. The Bertz CT molecular complexity index is 634. The molecule has 0 spiro atoms. The highest BCUT2D eigenvalue weighted by Crippen LogP contribution is 2.25. The summed E-state index contributed by atoms with van der Waals surface area (Å²) < 4.78 is 33.9. The number of ether oxygens (including phenoxy) is 1. The molecular weight excluding hydrogens is 404 g/mol. The van der Waals surface area contributed by atoms with Crippen LogP contribution in [0.5, 0.6) is 0 Å². The van der Waals surface area contributed by atoms with Crippen LogP contribution in [-0.2, 0) is 14.8 Å². The van der Waals surface area contributed by atoms with Crippen LogP contribution in [0.4, 0.5) is 0 Å². The van der Waals surface area contributed by atoms with Crippen molar-refractivity contribution in [3.05, 3.63) is 27.7 Å². The fourth-order valence-electron chi connectivity index (χ4n) is 2.66. The highest BCUT2D eigenvalue weighted by molar-refractivity contribution is 9.10. The van der Waals surface area contributed by atoms with E-state index in [0.29, 0.717) is 25.7 Å². The summed E-state index contributed by atoms with van der Waals surface area (Å²) >= 11 is 9.34. The first kappa shape index (κ1) is 19.1. The van der Waals surface area contributed by atoms with Crippen LogP contribution in [0.15, 0.2) is 27.6 Å². The van der Waals surface area contributed by atoms with E-state index in [4.69, 9.17) is 16.3 Å². The molecule has 1 aromatic rings. The van der Waals surface area contributed by atoms with Crippen molar-refractivity contribution >= 4 is 37.6 Å². The molecule has 0 bridgehead atoms. The molecule has 0 unspecified atom stereocenters. The van der Waals surface area contributed by atoms with E-state index in [9.17, 15) is 8.42 Å². The molecule has 1 aliphatic rings. The minimum absolute atomic E-state index is 0.104. The van der Waals surface area contributed by atoms with Gasteiger partial charge in [-0.1, -0.05) is 41.4 Å². The Morgan fingerprint density at radius 3 is 2.57 bits per heavy atom. The van der Waals surface area contributed by atoms with Crippen molar-refractivity contribution in [2.24, 2.45) is 5.92 Å². The average molecular weight is 426 g/mol. The fraction of sp³-hybridized carbons (Fsp3) is 0.600. The Labute approximate surface area is 151 Å². The van der Waals surface area contributed by atoms with Gasteiger partial charge in [0.1, 0.15) is 4.90 Å². The van der Waals surface area contributed by atoms with E-state index in [1.54, 1.807) is 12.1 Å². The van der Waals surface area contributed by atoms with E-state index in [0.717, 1.165) is 17.6 Å². The van der Waals surface area contributed by atoms with Crippen molar-refractivity contribution in [1.29, 1.82) is 0 Å². The third-order valence-corrected chi connectivity index (χ3v) is 6.35. The molecule has 0 aromatic heterocycles. The topological polar surface area (TPSA) is 58.6 Å². The summed E-state index contributed by atoms with van der Waals surface area (Å²) in [5.74, 6) is 0.330. The first-order chi connectivity index (χ1) is 10.8. The maximum absolute atomic E-state index is 12.5. The average Bonchev–Trinajstić information content (AvgIpc) is 2.47. The van der Waals surface area contributed by atoms with E-state index >= 15 is 0 Å². The van der Waals surface area contributed by atoms with Crippen molar-refractivity contribution in [3.63, 3.8) is 0 Å². The Morgan fingerprint density at radius 2 is 2.00 bits per heavy atom. The van der Waals surface area contributed by atoms with Gasteiger partial charge in [0.05, 0.1) is 18.2 Å². The lowest BCUT2D eigenvalue weighted by atomic mass is 10.0. The van der Waals surface area contributed by atoms with E-state index in [1.165, 1.54) is 6.07 Å². The molecule has 1 heterocycles. The van der Waals surface area contributed by atoms with E-state index < -0.39 is 10.0 Å². The normalized spacial score (nSPS) is 18.3. The van der Waals surface area contributed by atoms with Crippen LogP contribution in [0.25, 0.3) is 0 Å². The number of sulfonamides is 1. The van der Waals surface area contributed by atoms with Gasteiger partial charge in [0.25, 0.3) is 0 Å². The second kappa shape index (κ2) is 8.27. The summed E-state index contributed by atoms with van der Waals surface area (Å²) in [6, 6.07) is 4.89. The highest BCUT2D eigenvalue weighted by atomic mass is 79.9. The van der Waals surface area contributed by atoms with Crippen LogP contribution >= 0.6 is 27.5 Å². The number of rotatable bonds is 6. The molecule has 1 aromatic carbocycles. The summed E-state index contributed by atoms with van der Waals surface area (Å²) in [5, 5.41) is 0.208. The molecule has 5 nitrogen and oxygen atoms in total. The zero-order chi connectivity index (χ0) is 17.0. The van der Waals surface area contributed by atoms with Crippen LogP contribution in [0.1, 0.15) is 13.8 Å². The molecule has 130 valence electrons. The number of nitrogens with zero attached hydrogens (tertiary/aromatic N) is 1. The molecule has 0 saturated carbocycles. The second-order valence-corrected chi connectivity index (χ2v) is 8.94. The Morgan fingerprint density at radius 1 is 1.35 bits per heavy atom. The Balaban J connectivity index is 2.09. The highest BCUT2D eigenvalue weighted by Gasteiger charge is 2.26. The molecule has 1 N–H and O–H groups in total. The molecule has 23 heavy (non-hydrogen) atoms. The predicted octanol–water partition coefficient (Wildman–Crippen LogP) is 2.74.